The number of ether oxygens (including phenoxy) is 5. The molecule has 2 aromatic carbocycles. The lowest BCUT2D eigenvalue weighted by molar-refractivity contribution is 0.0727. The Kier molecular flexibility index (Phi) is 7.62. The molecule has 1 aliphatic heterocycles. The van der Waals surface area contributed by atoms with Gasteiger partial charge in [-0.25, -0.2) is 0 Å². The van der Waals surface area contributed by atoms with E-state index in [2.05, 4.69) is 6.07 Å². The summed E-state index contributed by atoms with van der Waals surface area (Å²) in [7, 11) is 0. The zero-order chi connectivity index (χ0) is 17.9. The van der Waals surface area contributed by atoms with Crippen LogP contribution >= 0.6 is 0 Å². The zero-order valence-corrected chi connectivity index (χ0v) is 15.0. The maximum atomic E-state index is 5.86. The molecule has 140 valence electrons. The Labute approximate surface area is 154 Å². The minimum atomic E-state index is 0.466. The van der Waals surface area contributed by atoms with Gasteiger partial charge in [-0.05, 0) is 36.6 Å². The van der Waals surface area contributed by atoms with Crippen molar-refractivity contribution in [2.45, 2.75) is 12.8 Å². The quantitative estimate of drug-likeness (QED) is 0.721. The van der Waals surface area contributed by atoms with Crippen LogP contribution in [0.2, 0.25) is 0 Å². The molecular weight excluding hydrogens is 332 g/mol. The Morgan fingerprint density at radius 2 is 1.00 bits per heavy atom. The average molecular weight is 358 g/mol. The van der Waals surface area contributed by atoms with Crippen molar-refractivity contribution in [1.29, 1.82) is 0 Å². The summed E-state index contributed by atoms with van der Waals surface area (Å²) in [6.07, 6.45) is 1.87. The van der Waals surface area contributed by atoms with Crippen LogP contribution < -0.4 is 14.2 Å². The van der Waals surface area contributed by atoms with Crippen LogP contribution in [0, 0.1) is 0 Å². The largest absolute Gasteiger partial charge is 0.491 e. The molecule has 1 heterocycles. The smallest absolute Gasteiger partial charge is 0.161 e. The fourth-order valence-corrected chi connectivity index (χ4v) is 2.74. The van der Waals surface area contributed by atoms with Crippen LogP contribution in [0.5, 0.6) is 17.2 Å². The highest BCUT2D eigenvalue weighted by Crippen LogP contribution is 2.26. The third-order valence-electron chi connectivity index (χ3n) is 4.01. The summed E-state index contributed by atoms with van der Waals surface area (Å²) < 4.78 is 28.7. The number of hydrogen-bond donors (Lipinski definition) is 0. The normalized spacial score (nSPS) is 17.2. The minimum Gasteiger partial charge on any atom is -0.491 e. The molecule has 0 amide bonds. The molecule has 0 bridgehead atoms. The molecular formula is C21H26O5. The van der Waals surface area contributed by atoms with Gasteiger partial charge in [-0.3, -0.25) is 0 Å². The molecule has 0 saturated heterocycles. The summed E-state index contributed by atoms with van der Waals surface area (Å²) >= 11 is 0. The van der Waals surface area contributed by atoms with Crippen molar-refractivity contribution in [3.63, 3.8) is 0 Å². The monoisotopic (exact) mass is 358 g/mol. The van der Waals surface area contributed by atoms with E-state index in [4.69, 9.17) is 23.7 Å². The van der Waals surface area contributed by atoms with E-state index in [-0.39, 0.29) is 0 Å². The molecule has 5 nitrogen and oxygen atoms in total. The summed E-state index contributed by atoms with van der Waals surface area (Å²) in [5.74, 6) is 2.38. The maximum Gasteiger partial charge on any atom is 0.161 e. The maximum absolute atomic E-state index is 5.86. The van der Waals surface area contributed by atoms with Crippen LogP contribution in [-0.4, -0.2) is 46.2 Å². The van der Waals surface area contributed by atoms with Crippen LogP contribution in [0.3, 0.4) is 0 Å². The number of fused-ring (bicyclic) bond motifs is 2. The number of rotatable bonds is 0. The first-order valence-electron chi connectivity index (χ1n) is 9.14. The fourth-order valence-electron chi connectivity index (χ4n) is 2.74. The molecule has 0 aliphatic carbocycles. The summed E-state index contributed by atoms with van der Waals surface area (Å²) in [6, 6.07) is 15.8. The van der Waals surface area contributed by atoms with Crippen LogP contribution in [0.15, 0.2) is 48.5 Å². The molecule has 26 heavy (non-hydrogen) atoms. The number of hydrogen-bond acceptors (Lipinski definition) is 5. The molecule has 0 saturated carbocycles. The Morgan fingerprint density at radius 3 is 1.65 bits per heavy atom. The fraction of sp³-hybridized carbons (Fsp3) is 0.429. The second-order valence-corrected chi connectivity index (χ2v) is 5.93. The molecule has 0 atom stereocenters. The van der Waals surface area contributed by atoms with E-state index in [0.717, 1.165) is 30.1 Å². The van der Waals surface area contributed by atoms with Gasteiger partial charge in [-0.2, -0.15) is 0 Å². The van der Waals surface area contributed by atoms with Gasteiger partial charge in [0.25, 0.3) is 0 Å². The van der Waals surface area contributed by atoms with Gasteiger partial charge in [0.15, 0.2) is 11.5 Å². The van der Waals surface area contributed by atoms with Crippen molar-refractivity contribution in [1.82, 2.24) is 0 Å². The number of para-hydroxylation sites is 3. The lowest BCUT2D eigenvalue weighted by atomic mass is 10.1. The third kappa shape index (κ3) is 5.93. The van der Waals surface area contributed by atoms with Crippen molar-refractivity contribution in [3.05, 3.63) is 54.1 Å². The van der Waals surface area contributed by atoms with Gasteiger partial charge in [0, 0.05) is 6.61 Å². The molecule has 0 fully saturated rings. The Hall–Kier alpha value is -2.24. The average Bonchev–Trinajstić information content (AvgIpc) is 2.68. The highest BCUT2D eigenvalue weighted by Gasteiger charge is 2.06. The van der Waals surface area contributed by atoms with E-state index in [1.54, 1.807) is 0 Å². The van der Waals surface area contributed by atoms with Gasteiger partial charge in [0.1, 0.15) is 25.6 Å². The Bertz CT molecular complexity index is 547. The molecule has 0 unspecified atom stereocenters. The van der Waals surface area contributed by atoms with E-state index in [1.165, 1.54) is 5.56 Å². The molecule has 3 rings (SSSR count). The first kappa shape index (κ1) is 18.5. The summed E-state index contributed by atoms with van der Waals surface area (Å²) in [5.41, 5.74) is 1.20. The van der Waals surface area contributed by atoms with E-state index in [9.17, 15) is 0 Å². The Morgan fingerprint density at radius 1 is 0.500 bits per heavy atom. The number of aryl methyl sites for hydroxylation is 1. The van der Waals surface area contributed by atoms with Crippen LogP contribution in [-0.2, 0) is 15.9 Å². The van der Waals surface area contributed by atoms with E-state index in [1.807, 2.05) is 42.5 Å². The molecule has 0 N–H and O–H groups in total. The van der Waals surface area contributed by atoms with Crippen molar-refractivity contribution < 1.29 is 23.7 Å². The molecule has 1 aliphatic rings. The summed E-state index contributed by atoms with van der Waals surface area (Å²) in [5, 5.41) is 0. The van der Waals surface area contributed by atoms with Crippen molar-refractivity contribution >= 4 is 0 Å². The van der Waals surface area contributed by atoms with Crippen molar-refractivity contribution in [2.24, 2.45) is 0 Å². The SMILES string of the molecule is c1ccc2c(c1)CCCOCCOc1ccccc1OCCOCCO2. The van der Waals surface area contributed by atoms with Gasteiger partial charge < -0.3 is 23.7 Å². The standard InChI is InChI=1S/C21H26O5/c1-2-8-19-18(6-1)7-5-11-22-12-16-25-20-9-3-4-10-21(20)26-17-14-23-13-15-24-19/h1-4,6,8-10H,5,7,11-17H2. The Balaban J connectivity index is 1.56. The first-order chi connectivity index (χ1) is 12.9. The van der Waals surface area contributed by atoms with E-state index in [0.29, 0.717) is 46.2 Å². The molecule has 0 spiro atoms. The van der Waals surface area contributed by atoms with Crippen LogP contribution in [0.4, 0.5) is 0 Å². The lowest BCUT2D eigenvalue weighted by Crippen LogP contribution is -2.14. The van der Waals surface area contributed by atoms with Crippen molar-refractivity contribution in [2.75, 3.05) is 46.2 Å². The number of benzene rings is 2. The van der Waals surface area contributed by atoms with Crippen LogP contribution in [0.1, 0.15) is 12.0 Å². The highest BCUT2D eigenvalue weighted by molar-refractivity contribution is 5.39. The molecule has 2 aromatic rings. The molecule has 0 aromatic heterocycles. The van der Waals surface area contributed by atoms with Gasteiger partial charge in [0.05, 0.1) is 19.8 Å². The summed E-state index contributed by atoms with van der Waals surface area (Å²) in [6.45, 7) is 3.76. The van der Waals surface area contributed by atoms with Crippen LogP contribution in [0.25, 0.3) is 0 Å². The molecule has 5 heteroatoms. The van der Waals surface area contributed by atoms with Gasteiger partial charge >= 0.3 is 0 Å². The summed E-state index contributed by atoms with van der Waals surface area (Å²) in [4.78, 5) is 0. The predicted molar refractivity (Wildman–Crippen MR) is 99.3 cm³/mol. The van der Waals surface area contributed by atoms with Crippen molar-refractivity contribution in [3.8, 4) is 17.2 Å². The van der Waals surface area contributed by atoms with Gasteiger partial charge in [-0.1, -0.05) is 30.3 Å². The van der Waals surface area contributed by atoms with E-state index < -0.39 is 0 Å². The third-order valence-corrected chi connectivity index (χ3v) is 4.01. The minimum absolute atomic E-state index is 0.466. The first-order valence-corrected chi connectivity index (χ1v) is 9.14. The predicted octanol–water partition coefficient (Wildman–Crippen LogP) is 3.50. The second kappa shape index (κ2) is 10.7. The topological polar surface area (TPSA) is 46.2 Å². The second-order valence-electron chi connectivity index (χ2n) is 5.93. The van der Waals surface area contributed by atoms with Gasteiger partial charge in [0.2, 0.25) is 0 Å². The van der Waals surface area contributed by atoms with Gasteiger partial charge in [-0.15, -0.1) is 0 Å². The van der Waals surface area contributed by atoms with E-state index >= 15 is 0 Å². The highest BCUT2D eigenvalue weighted by atomic mass is 16.6. The molecule has 0 radical (unpaired) electrons. The zero-order valence-electron chi connectivity index (χ0n) is 15.0. The lowest BCUT2D eigenvalue weighted by Gasteiger charge is -2.14.